The van der Waals surface area contributed by atoms with Gasteiger partial charge in [-0.3, -0.25) is 24.0 Å². The van der Waals surface area contributed by atoms with Gasteiger partial charge in [0.2, 0.25) is 12.7 Å². The minimum Gasteiger partial charge on any atom is -0.454 e. The largest absolute Gasteiger partial charge is 0.454 e. The number of amides is 2. The van der Waals surface area contributed by atoms with Crippen LogP contribution in [-0.4, -0.2) is 76.7 Å². The fraction of sp³-hybridized carbons (Fsp3) is 0.400. The lowest BCUT2D eigenvalue weighted by atomic mass is 10.1. The summed E-state index contributed by atoms with van der Waals surface area (Å²) in [6, 6.07) is 3.20. The summed E-state index contributed by atoms with van der Waals surface area (Å²) in [6.07, 6.45) is 3.25. The van der Waals surface area contributed by atoms with Crippen molar-refractivity contribution in [2.24, 2.45) is 7.05 Å². The predicted molar refractivity (Wildman–Crippen MR) is 107 cm³/mol. The number of ether oxygens (including phenoxy) is 2. The Hall–Kier alpha value is -3.40. The van der Waals surface area contributed by atoms with Crippen molar-refractivity contribution in [3.05, 3.63) is 35.7 Å². The SMILES string of the molecule is CC(=O)c1cc2c(cc1NC(=O)CN1CCN(C(=O)c3cnn(C)c3)CC1)OCO2. The molecule has 2 amide bonds. The van der Waals surface area contributed by atoms with Crippen LogP contribution in [0.2, 0.25) is 0 Å². The summed E-state index contributed by atoms with van der Waals surface area (Å²) in [5, 5.41) is 6.84. The molecule has 0 spiro atoms. The highest BCUT2D eigenvalue weighted by Crippen LogP contribution is 2.37. The average molecular weight is 413 g/mol. The van der Waals surface area contributed by atoms with Crippen molar-refractivity contribution in [1.82, 2.24) is 19.6 Å². The minimum atomic E-state index is -0.233. The molecule has 2 aliphatic rings. The second-order valence-corrected chi connectivity index (χ2v) is 7.33. The molecule has 0 unspecified atom stereocenters. The Morgan fingerprint density at radius 1 is 1.10 bits per heavy atom. The summed E-state index contributed by atoms with van der Waals surface area (Å²) in [6.45, 7) is 3.92. The third kappa shape index (κ3) is 4.13. The fourth-order valence-electron chi connectivity index (χ4n) is 3.55. The molecule has 1 N–H and O–H groups in total. The molecule has 4 rings (SSSR count). The van der Waals surface area contributed by atoms with Gasteiger partial charge in [-0.2, -0.15) is 5.10 Å². The molecule has 30 heavy (non-hydrogen) atoms. The van der Waals surface area contributed by atoms with Gasteiger partial charge < -0.3 is 19.7 Å². The zero-order chi connectivity index (χ0) is 21.3. The van der Waals surface area contributed by atoms with Crippen LogP contribution in [0.1, 0.15) is 27.6 Å². The van der Waals surface area contributed by atoms with Crippen LogP contribution in [0.15, 0.2) is 24.5 Å². The first-order valence-electron chi connectivity index (χ1n) is 9.65. The van der Waals surface area contributed by atoms with E-state index < -0.39 is 0 Å². The number of ketones is 1. The number of benzene rings is 1. The van der Waals surface area contributed by atoms with Crippen molar-refractivity contribution in [3.8, 4) is 11.5 Å². The Balaban J connectivity index is 1.33. The molecular weight excluding hydrogens is 390 g/mol. The van der Waals surface area contributed by atoms with E-state index in [0.717, 1.165) is 0 Å². The Morgan fingerprint density at radius 3 is 2.43 bits per heavy atom. The topological polar surface area (TPSA) is 106 Å². The van der Waals surface area contributed by atoms with Crippen LogP contribution >= 0.6 is 0 Å². The summed E-state index contributed by atoms with van der Waals surface area (Å²) in [5.74, 6) is 0.527. The van der Waals surface area contributed by atoms with Crippen LogP contribution in [0, 0.1) is 0 Å². The zero-order valence-corrected chi connectivity index (χ0v) is 16.9. The van der Waals surface area contributed by atoms with Crippen LogP contribution in [0.3, 0.4) is 0 Å². The maximum Gasteiger partial charge on any atom is 0.257 e. The molecule has 0 radical (unpaired) electrons. The van der Waals surface area contributed by atoms with E-state index in [2.05, 4.69) is 10.4 Å². The predicted octanol–water partition coefficient (Wildman–Crippen LogP) is 0.748. The number of aryl methyl sites for hydroxylation is 1. The third-order valence-corrected chi connectivity index (χ3v) is 5.14. The third-order valence-electron chi connectivity index (χ3n) is 5.14. The van der Waals surface area contributed by atoms with Crippen LogP contribution in [0.5, 0.6) is 11.5 Å². The molecule has 3 heterocycles. The molecular formula is C20H23N5O5. The maximum atomic E-state index is 12.6. The number of nitrogens with zero attached hydrogens (tertiary/aromatic N) is 4. The van der Waals surface area contributed by atoms with Gasteiger partial charge in [0.25, 0.3) is 5.91 Å². The zero-order valence-electron chi connectivity index (χ0n) is 16.9. The normalized spacial score (nSPS) is 15.9. The van der Waals surface area contributed by atoms with E-state index in [1.807, 2.05) is 4.90 Å². The Kier molecular flexibility index (Phi) is 5.40. The summed E-state index contributed by atoms with van der Waals surface area (Å²) in [4.78, 5) is 40.8. The molecule has 0 atom stereocenters. The number of Topliss-reactive ketones (excluding diaryl/α,β-unsaturated/α-hetero) is 1. The maximum absolute atomic E-state index is 12.6. The molecule has 1 fully saturated rings. The Bertz CT molecular complexity index is 993. The number of rotatable bonds is 5. The molecule has 1 aromatic carbocycles. The molecule has 10 heteroatoms. The molecule has 0 aliphatic carbocycles. The number of carbonyl (C=O) groups excluding carboxylic acids is 3. The number of nitrogens with one attached hydrogen (secondary N) is 1. The Labute approximate surface area is 173 Å². The van der Waals surface area contributed by atoms with Gasteiger partial charge in [0.15, 0.2) is 17.3 Å². The van der Waals surface area contributed by atoms with Gasteiger partial charge in [0, 0.05) is 51.1 Å². The van der Waals surface area contributed by atoms with E-state index in [1.165, 1.54) is 6.92 Å². The molecule has 1 saturated heterocycles. The summed E-state index contributed by atoms with van der Waals surface area (Å²) in [7, 11) is 1.77. The number of anilines is 1. The van der Waals surface area contributed by atoms with Gasteiger partial charge in [0.05, 0.1) is 24.0 Å². The highest BCUT2D eigenvalue weighted by Gasteiger charge is 2.25. The van der Waals surface area contributed by atoms with Gasteiger partial charge in [-0.1, -0.05) is 0 Å². The number of carbonyl (C=O) groups is 3. The van der Waals surface area contributed by atoms with Crippen molar-refractivity contribution >= 4 is 23.3 Å². The smallest absolute Gasteiger partial charge is 0.257 e. The van der Waals surface area contributed by atoms with E-state index in [9.17, 15) is 14.4 Å². The van der Waals surface area contributed by atoms with Crippen LogP contribution in [0.25, 0.3) is 0 Å². The van der Waals surface area contributed by atoms with E-state index >= 15 is 0 Å². The standard InChI is InChI=1S/C20H23N5O5/c1-13(26)15-7-17-18(30-12-29-17)8-16(15)22-19(27)11-24-3-5-25(6-4-24)20(28)14-9-21-23(2)10-14/h7-10H,3-6,11-12H2,1-2H3,(H,22,27). The lowest BCUT2D eigenvalue weighted by molar-refractivity contribution is -0.117. The molecule has 0 saturated carbocycles. The van der Waals surface area contributed by atoms with Crippen molar-refractivity contribution < 1.29 is 23.9 Å². The Morgan fingerprint density at radius 2 is 1.80 bits per heavy atom. The van der Waals surface area contributed by atoms with Gasteiger partial charge in [-0.05, 0) is 13.0 Å². The van der Waals surface area contributed by atoms with E-state index in [0.29, 0.717) is 54.5 Å². The number of hydrogen-bond donors (Lipinski definition) is 1. The highest BCUT2D eigenvalue weighted by molar-refractivity contribution is 6.05. The quantitative estimate of drug-likeness (QED) is 0.721. The number of piperazine rings is 1. The van der Waals surface area contributed by atoms with Crippen LogP contribution < -0.4 is 14.8 Å². The second kappa shape index (κ2) is 8.15. The van der Waals surface area contributed by atoms with Gasteiger partial charge in [-0.15, -0.1) is 0 Å². The molecule has 158 valence electrons. The molecule has 10 nitrogen and oxygen atoms in total. The highest BCUT2D eigenvalue weighted by atomic mass is 16.7. The molecule has 2 aromatic rings. The van der Waals surface area contributed by atoms with Gasteiger partial charge in [-0.25, -0.2) is 0 Å². The first-order valence-corrected chi connectivity index (χ1v) is 9.65. The number of fused-ring (bicyclic) bond motifs is 1. The number of aromatic nitrogens is 2. The van der Waals surface area contributed by atoms with E-state index in [-0.39, 0.29) is 30.9 Å². The lowest BCUT2D eigenvalue weighted by Crippen LogP contribution is -2.50. The van der Waals surface area contributed by atoms with Gasteiger partial charge >= 0.3 is 0 Å². The first kappa shape index (κ1) is 19.9. The summed E-state index contributed by atoms with van der Waals surface area (Å²) >= 11 is 0. The van der Waals surface area contributed by atoms with E-state index in [1.54, 1.807) is 41.2 Å². The monoisotopic (exact) mass is 413 g/mol. The summed E-state index contributed by atoms with van der Waals surface area (Å²) in [5.41, 5.74) is 1.34. The molecule has 0 bridgehead atoms. The first-order chi connectivity index (χ1) is 14.4. The summed E-state index contributed by atoms with van der Waals surface area (Å²) < 4.78 is 12.2. The van der Waals surface area contributed by atoms with Crippen molar-refractivity contribution in [3.63, 3.8) is 0 Å². The molecule has 1 aromatic heterocycles. The van der Waals surface area contributed by atoms with Crippen molar-refractivity contribution in [2.75, 3.05) is 44.8 Å². The minimum absolute atomic E-state index is 0.0568. The fourth-order valence-corrected chi connectivity index (χ4v) is 3.55. The van der Waals surface area contributed by atoms with Crippen molar-refractivity contribution in [1.29, 1.82) is 0 Å². The van der Waals surface area contributed by atoms with Crippen LogP contribution in [0.4, 0.5) is 5.69 Å². The van der Waals surface area contributed by atoms with Crippen LogP contribution in [-0.2, 0) is 11.8 Å². The second-order valence-electron chi connectivity index (χ2n) is 7.33. The van der Waals surface area contributed by atoms with Gasteiger partial charge in [0.1, 0.15) is 0 Å². The average Bonchev–Trinajstić information content (AvgIpc) is 3.35. The van der Waals surface area contributed by atoms with E-state index in [4.69, 9.17) is 9.47 Å². The lowest BCUT2D eigenvalue weighted by Gasteiger charge is -2.34. The molecule has 2 aliphatic heterocycles. The van der Waals surface area contributed by atoms with Crippen molar-refractivity contribution in [2.45, 2.75) is 6.92 Å². The number of hydrogen-bond acceptors (Lipinski definition) is 7.